The fraction of sp³-hybridized carbons (Fsp3) is 0.619. The molecule has 0 aromatic carbocycles. The summed E-state index contributed by atoms with van der Waals surface area (Å²) >= 11 is 0. The van der Waals surface area contributed by atoms with E-state index in [0.29, 0.717) is 41.5 Å². The second kappa shape index (κ2) is 7.84. The highest BCUT2D eigenvalue weighted by atomic mass is 16.5. The number of carbonyl (C=O) groups is 1. The number of aliphatic hydroxyl groups is 1. The number of nitrogens with one attached hydrogen (secondary N) is 1. The smallest absolute Gasteiger partial charge is 0.263 e. The van der Waals surface area contributed by atoms with Gasteiger partial charge in [0, 0.05) is 24.2 Å². The van der Waals surface area contributed by atoms with Crippen LogP contribution in [0, 0.1) is 12.8 Å². The molecule has 0 amide bonds. The van der Waals surface area contributed by atoms with E-state index in [1.165, 1.54) is 6.92 Å². The van der Waals surface area contributed by atoms with E-state index >= 15 is 0 Å². The number of aryl methyl sites for hydroxylation is 1. The molecule has 4 atom stereocenters. The second-order valence-electron chi connectivity index (χ2n) is 8.32. The largest absolute Gasteiger partial charge is 0.389 e. The zero-order valence-corrected chi connectivity index (χ0v) is 17.1. The van der Waals surface area contributed by atoms with Gasteiger partial charge in [0.15, 0.2) is 5.78 Å². The van der Waals surface area contributed by atoms with Gasteiger partial charge in [-0.15, -0.1) is 0 Å². The minimum absolute atomic E-state index is 0.0140. The van der Waals surface area contributed by atoms with Gasteiger partial charge in [0.25, 0.3) is 5.56 Å². The maximum absolute atomic E-state index is 13.3. The maximum atomic E-state index is 13.3. The molecule has 29 heavy (non-hydrogen) atoms. The van der Waals surface area contributed by atoms with E-state index in [4.69, 9.17) is 4.74 Å². The summed E-state index contributed by atoms with van der Waals surface area (Å²) in [5.74, 6) is 0.473. The third-order valence-corrected chi connectivity index (χ3v) is 6.35. The number of fused-ring (bicyclic) bond motifs is 1. The molecule has 8 nitrogen and oxygen atoms in total. The van der Waals surface area contributed by atoms with Crippen LogP contribution in [-0.2, 0) is 4.74 Å². The molecule has 2 aliphatic rings. The average molecular weight is 400 g/mol. The Kier molecular flexibility index (Phi) is 5.40. The topological polar surface area (TPSA) is 106 Å². The summed E-state index contributed by atoms with van der Waals surface area (Å²) in [4.78, 5) is 34.7. The van der Waals surface area contributed by atoms with Crippen LogP contribution in [0.3, 0.4) is 0 Å². The molecule has 0 bridgehead atoms. The summed E-state index contributed by atoms with van der Waals surface area (Å²) in [5, 5.41) is 14.1. The fourth-order valence-electron chi connectivity index (χ4n) is 4.69. The van der Waals surface area contributed by atoms with E-state index in [2.05, 4.69) is 22.2 Å². The highest BCUT2D eigenvalue weighted by molar-refractivity contribution is 5.99. The second-order valence-corrected chi connectivity index (χ2v) is 8.32. The van der Waals surface area contributed by atoms with E-state index in [0.717, 1.165) is 19.3 Å². The van der Waals surface area contributed by atoms with Crippen LogP contribution in [-0.4, -0.2) is 50.8 Å². The first-order valence-electron chi connectivity index (χ1n) is 10.3. The molecule has 1 aliphatic carbocycles. The van der Waals surface area contributed by atoms with Crippen molar-refractivity contribution in [2.75, 3.05) is 18.5 Å². The van der Waals surface area contributed by atoms with Crippen LogP contribution in [0.4, 0.5) is 5.95 Å². The van der Waals surface area contributed by atoms with E-state index < -0.39 is 6.10 Å². The number of ketones is 1. The number of ether oxygens (including phenoxy) is 1. The highest BCUT2D eigenvalue weighted by Gasteiger charge is 2.31. The van der Waals surface area contributed by atoms with Crippen LogP contribution in [0.1, 0.15) is 61.5 Å². The van der Waals surface area contributed by atoms with Crippen molar-refractivity contribution in [1.82, 2.24) is 14.5 Å². The molecule has 0 unspecified atom stereocenters. The van der Waals surface area contributed by atoms with E-state index in [-0.39, 0.29) is 35.6 Å². The Morgan fingerprint density at radius 1 is 1.34 bits per heavy atom. The minimum atomic E-state index is -0.637. The number of hydrogen-bond donors (Lipinski definition) is 2. The monoisotopic (exact) mass is 400 g/mol. The van der Waals surface area contributed by atoms with Gasteiger partial charge >= 0.3 is 0 Å². The normalized spacial score (nSPS) is 27.3. The number of nitrogens with zero attached hydrogens (tertiary/aromatic N) is 3. The van der Waals surface area contributed by atoms with Crippen LogP contribution >= 0.6 is 0 Å². The zero-order chi connectivity index (χ0) is 20.7. The molecule has 0 radical (unpaired) electrons. The van der Waals surface area contributed by atoms with Crippen LogP contribution in [0.2, 0.25) is 0 Å². The lowest BCUT2D eigenvalue weighted by molar-refractivity contribution is -0.0136. The number of aliphatic hydroxyl groups excluding tert-OH is 1. The SMILES string of the molecule is CC(=O)c1c(C)c2cnc(N[C@@H]3CCOC[C@@H]3O)nc2n([C@H]2CCC[C@@H]2C)c1=O. The van der Waals surface area contributed by atoms with Crippen LogP contribution in [0.25, 0.3) is 11.0 Å². The van der Waals surface area contributed by atoms with Crippen molar-refractivity contribution in [3.8, 4) is 0 Å². The van der Waals surface area contributed by atoms with Crippen LogP contribution < -0.4 is 10.9 Å². The predicted octanol–water partition coefficient (Wildman–Crippen LogP) is 2.23. The lowest BCUT2D eigenvalue weighted by Gasteiger charge is -2.28. The zero-order valence-electron chi connectivity index (χ0n) is 17.1. The standard InChI is InChI=1S/C21H28N4O4/c1-11-5-4-6-16(11)25-19-14(12(2)18(13(3)26)20(25)28)9-22-21(24-19)23-15-7-8-29-10-17(15)27/h9,11,15-17,27H,4-8,10H2,1-3H3,(H,22,23,24)/t11-,15+,16-,17-/m0/s1. The third-order valence-electron chi connectivity index (χ3n) is 6.35. The number of hydrogen-bond acceptors (Lipinski definition) is 7. The highest BCUT2D eigenvalue weighted by Crippen LogP contribution is 2.36. The van der Waals surface area contributed by atoms with Crippen molar-refractivity contribution in [1.29, 1.82) is 0 Å². The molecule has 1 saturated heterocycles. The molecule has 4 rings (SSSR count). The van der Waals surface area contributed by atoms with Crippen molar-refractivity contribution in [2.45, 2.75) is 64.6 Å². The van der Waals surface area contributed by atoms with Crippen LogP contribution in [0.15, 0.2) is 11.0 Å². The molecule has 1 aliphatic heterocycles. The number of rotatable bonds is 4. The first-order valence-corrected chi connectivity index (χ1v) is 10.3. The van der Waals surface area contributed by atoms with Gasteiger partial charge in [-0.05, 0) is 44.6 Å². The molecular weight excluding hydrogens is 372 g/mol. The van der Waals surface area contributed by atoms with E-state index in [9.17, 15) is 14.7 Å². The van der Waals surface area contributed by atoms with E-state index in [1.807, 2.05) is 0 Å². The first kappa shape index (κ1) is 20.0. The third kappa shape index (κ3) is 3.55. The Hall–Kier alpha value is -2.32. The molecule has 0 spiro atoms. The van der Waals surface area contributed by atoms with Crippen molar-refractivity contribution in [2.24, 2.45) is 5.92 Å². The van der Waals surface area contributed by atoms with Gasteiger partial charge in [-0.3, -0.25) is 14.2 Å². The average Bonchev–Trinajstić information content (AvgIpc) is 3.09. The Labute approximate surface area is 169 Å². The van der Waals surface area contributed by atoms with Crippen LogP contribution in [0.5, 0.6) is 0 Å². The van der Waals surface area contributed by atoms with Gasteiger partial charge in [-0.2, -0.15) is 4.98 Å². The number of anilines is 1. The molecule has 2 fully saturated rings. The Morgan fingerprint density at radius 2 is 2.14 bits per heavy atom. The Morgan fingerprint density at radius 3 is 2.79 bits per heavy atom. The molecule has 2 aromatic heterocycles. The summed E-state index contributed by atoms with van der Waals surface area (Å²) in [6.45, 7) is 6.19. The summed E-state index contributed by atoms with van der Waals surface area (Å²) in [6, 6.07) is -0.190. The van der Waals surface area contributed by atoms with Crippen molar-refractivity contribution < 1.29 is 14.6 Å². The number of Topliss-reactive ketones (excluding diaryl/α,β-unsaturated/α-hetero) is 1. The number of pyridine rings is 1. The van der Waals surface area contributed by atoms with Gasteiger partial charge in [-0.1, -0.05) is 13.3 Å². The predicted molar refractivity (Wildman–Crippen MR) is 109 cm³/mol. The molecule has 3 heterocycles. The van der Waals surface area contributed by atoms with Gasteiger partial charge < -0.3 is 15.2 Å². The van der Waals surface area contributed by atoms with Gasteiger partial charge in [-0.25, -0.2) is 4.98 Å². The number of aromatic nitrogens is 3. The molecule has 156 valence electrons. The molecule has 8 heteroatoms. The Balaban J connectivity index is 1.86. The lowest BCUT2D eigenvalue weighted by atomic mass is 10.0. The maximum Gasteiger partial charge on any atom is 0.263 e. The molecule has 1 saturated carbocycles. The van der Waals surface area contributed by atoms with Gasteiger partial charge in [0.1, 0.15) is 5.65 Å². The molecular formula is C21H28N4O4. The summed E-state index contributed by atoms with van der Waals surface area (Å²) in [6.07, 6.45) is 4.68. The number of carbonyl (C=O) groups excluding carboxylic acids is 1. The van der Waals surface area contributed by atoms with Crippen molar-refractivity contribution in [3.05, 3.63) is 27.7 Å². The van der Waals surface area contributed by atoms with E-state index in [1.54, 1.807) is 17.7 Å². The lowest BCUT2D eigenvalue weighted by Crippen LogP contribution is -2.42. The molecule has 2 N–H and O–H groups in total. The minimum Gasteiger partial charge on any atom is -0.389 e. The van der Waals surface area contributed by atoms with Gasteiger partial charge in [0.05, 0.1) is 24.3 Å². The first-order chi connectivity index (χ1) is 13.9. The fourth-order valence-corrected chi connectivity index (χ4v) is 4.69. The Bertz CT molecular complexity index is 1000. The summed E-state index contributed by atoms with van der Waals surface area (Å²) in [5.41, 5.74) is 1.13. The molecule has 2 aromatic rings. The van der Waals surface area contributed by atoms with Crippen molar-refractivity contribution >= 4 is 22.8 Å². The van der Waals surface area contributed by atoms with Gasteiger partial charge in [0.2, 0.25) is 5.95 Å². The summed E-state index contributed by atoms with van der Waals surface area (Å²) in [7, 11) is 0. The van der Waals surface area contributed by atoms with Crippen molar-refractivity contribution in [3.63, 3.8) is 0 Å². The summed E-state index contributed by atoms with van der Waals surface area (Å²) < 4.78 is 6.99. The quantitative estimate of drug-likeness (QED) is 0.758.